The number of hydrogen-bond donors (Lipinski definition) is 1. The van der Waals surface area contributed by atoms with E-state index in [4.69, 9.17) is 9.47 Å². The number of rotatable bonds is 11. The molecule has 0 aliphatic carbocycles. The van der Waals surface area contributed by atoms with Crippen molar-refractivity contribution < 1.29 is 23.5 Å². The smallest absolute Gasteiger partial charge is 0.276 e. The van der Waals surface area contributed by atoms with Gasteiger partial charge in [-0.15, -0.1) is 17.5 Å². The van der Waals surface area contributed by atoms with E-state index in [0.717, 1.165) is 12.8 Å². The molecule has 2 atom stereocenters. The van der Waals surface area contributed by atoms with Gasteiger partial charge >= 0.3 is 0 Å². The van der Waals surface area contributed by atoms with Crippen LogP contribution in [0.3, 0.4) is 0 Å². The highest BCUT2D eigenvalue weighted by molar-refractivity contribution is 5.94. The van der Waals surface area contributed by atoms with Gasteiger partial charge in [0.2, 0.25) is 5.91 Å². The first-order valence-electron chi connectivity index (χ1n) is 14.0. The standard InChI is InChI=1S/C28H41FN6O4.ClH/c1-20(2)19-34(22-16-21(17-30-18-22)27(36)33-11-14-39-15-12-33)28(37)26-25(10-6-7-13-38-3)35(32-31-26)24-9-5-4-8-23(24)29;/h4-5,8-9,20-22,30H,6-7,10-19H2,1-3H3;1H/t21-,22+;/m1./s1. The van der Waals surface area contributed by atoms with Gasteiger partial charge in [-0.3, -0.25) is 9.59 Å². The highest BCUT2D eigenvalue weighted by atomic mass is 35.5. The minimum absolute atomic E-state index is 0. The Morgan fingerprint density at radius 1 is 1.20 bits per heavy atom. The molecule has 0 bridgehead atoms. The molecule has 1 aromatic carbocycles. The number of carbonyl (C=O) groups excluding carboxylic acids is 2. The van der Waals surface area contributed by atoms with Gasteiger partial charge in [-0.05, 0) is 43.7 Å². The number of para-hydroxylation sites is 1. The number of amides is 2. The van der Waals surface area contributed by atoms with Gasteiger partial charge in [-0.1, -0.05) is 31.2 Å². The lowest BCUT2D eigenvalue weighted by molar-refractivity contribution is -0.140. The van der Waals surface area contributed by atoms with E-state index in [-0.39, 0.29) is 53.5 Å². The minimum atomic E-state index is -0.431. The Bertz CT molecular complexity index is 1110. The minimum Gasteiger partial charge on any atom is -0.385 e. The molecular weight excluding hydrogens is 539 g/mol. The first-order valence-corrected chi connectivity index (χ1v) is 14.0. The topological polar surface area (TPSA) is 102 Å². The zero-order chi connectivity index (χ0) is 27.8. The number of hydrogen-bond acceptors (Lipinski definition) is 7. The third kappa shape index (κ3) is 7.78. The van der Waals surface area contributed by atoms with Crippen LogP contribution in [-0.2, 0) is 20.7 Å². The van der Waals surface area contributed by atoms with Gasteiger partial charge in [0, 0.05) is 52.5 Å². The lowest BCUT2D eigenvalue weighted by atomic mass is 9.92. The number of nitrogens with one attached hydrogen (secondary N) is 1. The molecule has 40 heavy (non-hydrogen) atoms. The molecule has 1 N–H and O–H groups in total. The molecule has 2 aliphatic rings. The Hall–Kier alpha value is -2.60. The summed E-state index contributed by atoms with van der Waals surface area (Å²) in [4.78, 5) is 31.1. The molecule has 0 spiro atoms. The second-order valence-corrected chi connectivity index (χ2v) is 10.7. The molecule has 10 nitrogen and oxygen atoms in total. The number of unbranched alkanes of at least 4 members (excludes halogenated alkanes) is 1. The molecule has 2 fully saturated rings. The third-order valence-corrected chi connectivity index (χ3v) is 7.32. The average molecular weight is 581 g/mol. The van der Waals surface area contributed by atoms with Gasteiger partial charge in [0.1, 0.15) is 11.5 Å². The van der Waals surface area contributed by atoms with Crippen molar-refractivity contribution in [2.45, 2.75) is 45.6 Å². The van der Waals surface area contributed by atoms with Crippen LogP contribution in [0.25, 0.3) is 5.69 Å². The Labute approximate surface area is 242 Å². The molecule has 222 valence electrons. The van der Waals surface area contributed by atoms with Gasteiger partial charge < -0.3 is 24.6 Å². The number of piperidine rings is 1. The predicted octanol–water partition coefficient (Wildman–Crippen LogP) is 2.73. The van der Waals surface area contributed by atoms with Crippen molar-refractivity contribution in [3.05, 3.63) is 41.5 Å². The Kier molecular flexibility index (Phi) is 12.3. The molecule has 0 unspecified atom stereocenters. The van der Waals surface area contributed by atoms with E-state index < -0.39 is 5.82 Å². The number of aromatic nitrogens is 3. The molecule has 2 aliphatic heterocycles. The average Bonchev–Trinajstić information content (AvgIpc) is 3.37. The molecular formula is C28H42ClFN6O4. The fraction of sp³-hybridized carbons (Fsp3) is 0.643. The molecule has 2 amide bonds. The molecule has 4 rings (SSSR count). The Balaban J connectivity index is 0.00000441. The molecule has 1 aromatic heterocycles. The highest BCUT2D eigenvalue weighted by Crippen LogP contribution is 2.24. The number of benzene rings is 1. The number of halogens is 2. The van der Waals surface area contributed by atoms with Crippen LogP contribution >= 0.6 is 12.4 Å². The van der Waals surface area contributed by atoms with Crippen molar-refractivity contribution in [1.82, 2.24) is 30.1 Å². The quantitative estimate of drug-likeness (QED) is 0.408. The summed E-state index contributed by atoms with van der Waals surface area (Å²) in [7, 11) is 1.65. The molecule has 3 heterocycles. The summed E-state index contributed by atoms with van der Waals surface area (Å²) in [6.07, 6.45) is 2.61. The van der Waals surface area contributed by atoms with Crippen LogP contribution in [-0.4, -0.2) is 102 Å². The zero-order valence-electron chi connectivity index (χ0n) is 23.7. The van der Waals surface area contributed by atoms with Crippen LogP contribution in [0, 0.1) is 17.7 Å². The SMILES string of the molecule is COCCCCc1c(C(=O)N(CC(C)C)[C@@H]2CNC[C@H](C(=O)N3CCOCC3)C2)nnn1-c1ccccc1F.Cl. The summed E-state index contributed by atoms with van der Waals surface area (Å²) in [5.74, 6) is -0.571. The summed E-state index contributed by atoms with van der Waals surface area (Å²) in [5.41, 5.74) is 1.08. The van der Waals surface area contributed by atoms with Crippen LogP contribution in [0.2, 0.25) is 0 Å². The van der Waals surface area contributed by atoms with E-state index in [2.05, 4.69) is 29.5 Å². The summed E-state index contributed by atoms with van der Waals surface area (Å²) in [6, 6.07) is 6.19. The van der Waals surface area contributed by atoms with Crippen molar-refractivity contribution in [2.75, 3.05) is 59.7 Å². The maximum atomic E-state index is 14.7. The van der Waals surface area contributed by atoms with Crippen molar-refractivity contribution in [3.63, 3.8) is 0 Å². The highest BCUT2D eigenvalue weighted by Gasteiger charge is 2.37. The van der Waals surface area contributed by atoms with Crippen LogP contribution in [0.1, 0.15) is 49.3 Å². The fourth-order valence-corrected chi connectivity index (χ4v) is 5.36. The van der Waals surface area contributed by atoms with Gasteiger partial charge in [0.25, 0.3) is 5.91 Å². The maximum absolute atomic E-state index is 14.7. The van der Waals surface area contributed by atoms with Crippen LogP contribution in [0.5, 0.6) is 0 Å². The van der Waals surface area contributed by atoms with E-state index in [1.807, 2.05) is 9.80 Å². The molecule has 12 heteroatoms. The number of morpholine rings is 1. The van der Waals surface area contributed by atoms with E-state index >= 15 is 0 Å². The number of ether oxygens (including phenoxy) is 2. The van der Waals surface area contributed by atoms with Crippen molar-refractivity contribution in [1.29, 1.82) is 0 Å². The number of nitrogens with zero attached hydrogens (tertiary/aromatic N) is 5. The van der Waals surface area contributed by atoms with Crippen molar-refractivity contribution >= 4 is 24.2 Å². The first-order chi connectivity index (χ1) is 18.9. The van der Waals surface area contributed by atoms with Crippen LogP contribution < -0.4 is 5.32 Å². The molecule has 0 saturated carbocycles. The van der Waals surface area contributed by atoms with Crippen molar-refractivity contribution in [3.8, 4) is 5.69 Å². The zero-order valence-corrected chi connectivity index (χ0v) is 24.5. The summed E-state index contributed by atoms with van der Waals surface area (Å²) in [6.45, 7) is 8.72. The maximum Gasteiger partial charge on any atom is 0.276 e. The summed E-state index contributed by atoms with van der Waals surface area (Å²) >= 11 is 0. The summed E-state index contributed by atoms with van der Waals surface area (Å²) in [5, 5.41) is 11.9. The van der Waals surface area contributed by atoms with E-state index in [1.165, 1.54) is 10.7 Å². The second-order valence-electron chi connectivity index (χ2n) is 10.7. The third-order valence-electron chi connectivity index (χ3n) is 7.32. The molecule has 0 radical (unpaired) electrons. The first kappa shape index (κ1) is 31.9. The van der Waals surface area contributed by atoms with Gasteiger partial charge in [-0.2, -0.15) is 0 Å². The van der Waals surface area contributed by atoms with Crippen LogP contribution in [0.4, 0.5) is 4.39 Å². The Morgan fingerprint density at radius 2 is 1.95 bits per heavy atom. The van der Waals surface area contributed by atoms with Gasteiger partial charge in [0.15, 0.2) is 5.69 Å². The lowest BCUT2D eigenvalue weighted by Gasteiger charge is -2.40. The fourth-order valence-electron chi connectivity index (χ4n) is 5.36. The van der Waals surface area contributed by atoms with Gasteiger partial charge in [0.05, 0.1) is 24.8 Å². The van der Waals surface area contributed by atoms with Crippen molar-refractivity contribution in [2.24, 2.45) is 11.8 Å². The van der Waals surface area contributed by atoms with E-state index in [9.17, 15) is 14.0 Å². The lowest BCUT2D eigenvalue weighted by Crippen LogP contribution is -2.56. The summed E-state index contributed by atoms with van der Waals surface area (Å²) < 4.78 is 26.8. The predicted molar refractivity (Wildman–Crippen MR) is 151 cm³/mol. The molecule has 2 aromatic rings. The largest absolute Gasteiger partial charge is 0.385 e. The normalized spacial score (nSPS) is 19.4. The van der Waals surface area contributed by atoms with Gasteiger partial charge in [-0.25, -0.2) is 9.07 Å². The molecule has 2 saturated heterocycles. The Morgan fingerprint density at radius 3 is 2.65 bits per heavy atom. The van der Waals surface area contributed by atoms with E-state index in [1.54, 1.807) is 25.3 Å². The van der Waals surface area contributed by atoms with Crippen LogP contribution in [0.15, 0.2) is 24.3 Å². The van der Waals surface area contributed by atoms with E-state index in [0.29, 0.717) is 71.1 Å². The monoisotopic (exact) mass is 580 g/mol. The second kappa shape index (κ2) is 15.4. The number of carbonyl (C=O) groups is 2. The number of methoxy groups -OCH3 is 1.